The molecule has 0 saturated carbocycles. The van der Waals surface area contributed by atoms with E-state index in [1.807, 2.05) is 24.3 Å². The fraction of sp³-hybridized carbons (Fsp3) is 0.381. The van der Waals surface area contributed by atoms with Crippen LogP contribution in [-0.4, -0.2) is 46.4 Å². The van der Waals surface area contributed by atoms with E-state index in [1.54, 1.807) is 33.4 Å². The van der Waals surface area contributed by atoms with E-state index in [2.05, 4.69) is 20.5 Å². The van der Waals surface area contributed by atoms with E-state index in [0.717, 1.165) is 36.7 Å². The number of ether oxygens (including phenoxy) is 2. The fourth-order valence-electron chi connectivity index (χ4n) is 3.30. The van der Waals surface area contributed by atoms with Crippen LogP contribution in [0.15, 0.2) is 47.5 Å². The number of nitrogens with zero attached hydrogens (tertiary/aromatic N) is 2. The summed E-state index contributed by atoms with van der Waals surface area (Å²) in [5, 5.41) is 6.61. The zero-order chi connectivity index (χ0) is 19.9. The second-order valence-corrected chi connectivity index (χ2v) is 6.66. The van der Waals surface area contributed by atoms with Crippen molar-refractivity contribution in [2.75, 3.05) is 39.3 Å². The first-order chi connectivity index (χ1) is 13.6. The van der Waals surface area contributed by atoms with Gasteiger partial charge in [-0.05, 0) is 12.5 Å². The third kappa shape index (κ3) is 4.85. The maximum Gasteiger partial charge on any atom is 0.191 e. The first kappa shape index (κ1) is 19.8. The van der Waals surface area contributed by atoms with Crippen molar-refractivity contribution < 1.29 is 13.9 Å². The Morgan fingerprint density at radius 2 is 1.89 bits per heavy atom. The predicted octanol–water partition coefficient (Wildman–Crippen LogP) is 2.79. The van der Waals surface area contributed by atoms with E-state index in [0.29, 0.717) is 18.1 Å². The summed E-state index contributed by atoms with van der Waals surface area (Å²) in [5.74, 6) is 1.99. The van der Waals surface area contributed by atoms with Gasteiger partial charge in [0.2, 0.25) is 0 Å². The average Bonchev–Trinajstić information content (AvgIpc) is 3.20. The molecule has 0 aromatic heterocycles. The summed E-state index contributed by atoms with van der Waals surface area (Å²) in [6.07, 6.45) is 0.972. The molecule has 0 radical (unpaired) electrons. The quantitative estimate of drug-likeness (QED) is 0.591. The van der Waals surface area contributed by atoms with E-state index in [4.69, 9.17) is 9.47 Å². The molecule has 6 nitrogen and oxygen atoms in total. The van der Waals surface area contributed by atoms with Crippen LogP contribution in [0.2, 0.25) is 0 Å². The van der Waals surface area contributed by atoms with Crippen LogP contribution < -0.4 is 25.0 Å². The van der Waals surface area contributed by atoms with Gasteiger partial charge in [-0.3, -0.25) is 4.99 Å². The van der Waals surface area contributed by atoms with Crippen LogP contribution in [0, 0.1) is 5.82 Å². The summed E-state index contributed by atoms with van der Waals surface area (Å²) in [5.41, 5.74) is 1.68. The molecule has 28 heavy (non-hydrogen) atoms. The molecule has 1 heterocycles. The van der Waals surface area contributed by atoms with E-state index in [9.17, 15) is 4.39 Å². The number of aliphatic imine (C=N–C) groups is 1. The molecule has 1 fully saturated rings. The number of guanidine groups is 1. The largest absolute Gasteiger partial charge is 0.497 e. The predicted molar refractivity (Wildman–Crippen MR) is 110 cm³/mol. The average molecular weight is 386 g/mol. The lowest BCUT2D eigenvalue weighted by atomic mass is 10.2. The van der Waals surface area contributed by atoms with Crippen LogP contribution in [-0.2, 0) is 6.54 Å². The number of hydrogen-bond donors (Lipinski definition) is 2. The van der Waals surface area contributed by atoms with Gasteiger partial charge in [-0.15, -0.1) is 0 Å². The first-order valence-corrected chi connectivity index (χ1v) is 9.31. The van der Waals surface area contributed by atoms with Gasteiger partial charge in [-0.25, -0.2) is 4.39 Å². The Labute approximate surface area is 165 Å². The monoisotopic (exact) mass is 386 g/mol. The minimum atomic E-state index is -0.218. The Bertz CT molecular complexity index is 806. The van der Waals surface area contributed by atoms with Crippen LogP contribution in [0.3, 0.4) is 0 Å². The third-order valence-electron chi connectivity index (χ3n) is 4.86. The van der Waals surface area contributed by atoms with Crippen molar-refractivity contribution in [3.05, 3.63) is 53.8 Å². The summed E-state index contributed by atoms with van der Waals surface area (Å²) in [7, 11) is 5.02. The van der Waals surface area contributed by atoms with Crippen molar-refractivity contribution in [2.45, 2.75) is 19.0 Å². The zero-order valence-corrected chi connectivity index (χ0v) is 16.5. The summed E-state index contributed by atoms with van der Waals surface area (Å²) >= 11 is 0. The van der Waals surface area contributed by atoms with Crippen LogP contribution in [0.1, 0.15) is 12.0 Å². The van der Waals surface area contributed by atoms with Gasteiger partial charge in [0, 0.05) is 62.2 Å². The Balaban J connectivity index is 1.58. The van der Waals surface area contributed by atoms with Crippen LogP contribution in [0.25, 0.3) is 0 Å². The highest BCUT2D eigenvalue weighted by molar-refractivity contribution is 5.80. The highest BCUT2D eigenvalue weighted by atomic mass is 19.1. The van der Waals surface area contributed by atoms with Gasteiger partial charge < -0.3 is 25.0 Å². The molecule has 3 rings (SSSR count). The molecular formula is C21H27FN4O2. The SMILES string of the molecule is CN=C(NCc1ccccc1F)NC1CCN(c2cc(OC)cc(OC)c2)C1. The second-order valence-electron chi connectivity index (χ2n) is 6.66. The van der Waals surface area contributed by atoms with E-state index < -0.39 is 0 Å². The molecule has 0 spiro atoms. The molecule has 0 amide bonds. The Morgan fingerprint density at radius 1 is 1.18 bits per heavy atom. The molecular weight excluding hydrogens is 359 g/mol. The van der Waals surface area contributed by atoms with Crippen LogP contribution in [0.5, 0.6) is 11.5 Å². The van der Waals surface area contributed by atoms with Crippen molar-refractivity contribution in [1.29, 1.82) is 0 Å². The minimum Gasteiger partial charge on any atom is -0.497 e. The van der Waals surface area contributed by atoms with Crippen molar-refractivity contribution in [2.24, 2.45) is 4.99 Å². The first-order valence-electron chi connectivity index (χ1n) is 9.31. The number of nitrogens with one attached hydrogen (secondary N) is 2. The summed E-state index contributed by atoms with van der Waals surface area (Å²) in [4.78, 5) is 6.55. The number of halogens is 1. The second kappa shape index (κ2) is 9.30. The fourth-order valence-corrected chi connectivity index (χ4v) is 3.30. The topological polar surface area (TPSA) is 58.1 Å². The molecule has 0 aliphatic carbocycles. The minimum absolute atomic E-state index is 0.218. The number of rotatable bonds is 6. The molecule has 1 saturated heterocycles. The maximum absolute atomic E-state index is 13.8. The van der Waals surface area contributed by atoms with Crippen molar-refractivity contribution in [1.82, 2.24) is 10.6 Å². The van der Waals surface area contributed by atoms with Gasteiger partial charge in [-0.1, -0.05) is 18.2 Å². The summed E-state index contributed by atoms with van der Waals surface area (Å²) < 4.78 is 24.5. The Hall–Kier alpha value is -2.96. The number of benzene rings is 2. The molecule has 1 unspecified atom stereocenters. The molecule has 2 N–H and O–H groups in total. The zero-order valence-electron chi connectivity index (χ0n) is 16.5. The van der Waals surface area contributed by atoms with Gasteiger partial charge in [0.1, 0.15) is 17.3 Å². The van der Waals surface area contributed by atoms with E-state index in [-0.39, 0.29) is 11.9 Å². The summed E-state index contributed by atoms with van der Waals surface area (Å²) in [6.45, 7) is 2.13. The maximum atomic E-state index is 13.8. The van der Waals surface area contributed by atoms with Gasteiger partial charge in [0.25, 0.3) is 0 Å². The summed E-state index contributed by atoms with van der Waals surface area (Å²) in [6, 6.07) is 12.9. The molecule has 1 aliphatic heterocycles. The lowest BCUT2D eigenvalue weighted by molar-refractivity contribution is 0.394. The highest BCUT2D eigenvalue weighted by Gasteiger charge is 2.24. The highest BCUT2D eigenvalue weighted by Crippen LogP contribution is 2.30. The van der Waals surface area contributed by atoms with E-state index in [1.165, 1.54) is 6.07 Å². The smallest absolute Gasteiger partial charge is 0.191 e. The number of anilines is 1. The van der Waals surface area contributed by atoms with Crippen molar-refractivity contribution >= 4 is 11.6 Å². The standard InChI is InChI=1S/C21H27FN4O2/c1-23-21(24-13-15-6-4-5-7-20(15)22)25-16-8-9-26(14-16)17-10-18(27-2)12-19(11-17)28-3/h4-7,10-12,16H,8-9,13-14H2,1-3H3,(H2,23,24,25). The van der Waals surface area contributed by atoms with Crippen LogP contribution in [0.4, 0.5) is 10.1 Å². The van der Waals surface area contributed by atoms with Gasteiger partial charge in [0.05, 0.1) is 14.2 Å². The Morgan fingerprint density at radius 3 is 2.54 bits per heavy atom. The molecule has 1 aliphatic rings. The molecule has 150 valence electrons. The van der Waals surface area contributed by atoms with Crippen molar-refractivity contribution in [3.63, 3.8) is 0 Å². The molecule has 1 atom stereocenters. The van der Waals surface area contributed by atoms with Gasteiger partial charge >= 0.3 is 0 Å². The molecule has 0 bridgehead atoms. The Kier molecular flexibility index (Phi) is 6.57. The number of hydrogen-bond acceptors (Lipinski definition) is 4. The molecule has 2 aromatic rings. The van der Waals surface area contributed by atoms with Gasteiger partial charge in [-0.2, -0.15) is 0 Å². The van der Waals surface area contributed by atoms with Crippen molar-refractivity contribution in [3.8, 4) is 11.5 Å². The van der Waals surface area contributed by atoms with E-state index >= 15 is 0 Å². The van der Waals surface area contributed by atoms with Crippen LogP contribution >= 0.6 is 0 Å². The molecule has 2 aromatic carbocycles. The normalized spacial score (nSPS) is 16.8. The number of methoxy groups -OCH3 is 2. The third-order valence-corrected chi connectivity index (χ3v) is 4.86. The molecule has 7 heteroatoms. The lowest BCUT2D eigenvalue weighted by Gasteiger charge is -2.21. The lowest BCUT2D eigenvalue weighted by Crippen LogP contribution is -2.44. The van der Waals surface area contributed by atoms with Gasteiger partial charge in [0.15, 0.2) is 5.96 Å².